The molecule has 4 amide bonds. The molecular formula is C36H53N5O8. The first-order valence-electron chi connectivity index (χ1n) is 17.2. The van der Waals surface area contributed by atoms with Crippen molar-refractivity contribution in [2.75, 3.05) is 71.4 Å². The molecule has 270 valence electrons. The van der Waals surface area contributed by atoms with Gasteiger partial charge in [0.2, 0.25) is 12.7 Å². The van der Waals surface area contributed by atoms with Crippen LogP contribution in [0.4, 0.5) is 16.2 Å². The molecular weight excluding hydrogens is 630 g/mol. The summed E-state index contributed by atoms with van der Waals surface area (Å²) in [6.07, 6.45) is 2.87. The fourth-order valence-corrected chi connectivity index (χ4v) is 5.79. The Labute approximate surface area is 289 Å². The van der Waals surface area contributed by atoms with Crippen molar-refractivity contribution >= 4 is 29.2 Å². The molecule has 13 heteroatoms. The zero-order chi connectivity index (χ0) is 35.5. The Morgan fingerprint density at radius 3 is 2.45 bits per heavy atom. The van der Waals surface area contributed by atoms with Gasteiger partial charge >= 0.3 is 6.03 Å². The number of benzene rings is 2. The fraction of sp³-hybridized carbons (Fsp3) is 0.583. The van der Waals surface area contributed by atoms with Crippen LogP contribution in [0, 0.1) is 5.92 Å². The molecule has 2 aromatic carbocycles. The van der Waals surface area contributed by atoms with Gasteiger partial charge in [-0.25, -0.2) is 4.79 Å². The van der Waals surface area contributed by atoms with Gasteiger partial charge in [0.15, 0.2) is 11.5 Å². The average molecular weight is 684 g/mol. The molecule has 0 aliphatic carbocycles. The van der Waals surface area contributed by atoms with Crippen LogP contribution in [0.2, 0.25) is 0 Å². The van der Waals surface area contributed by atoms with E-state index in [2.05, 4.69) is 10.6 Å². The number of ether oxygens (including phenoxy) is 4. The molecule has 13 nitrogen and oxygen atoms in total. The first-order valence-corrected chi connectivity index (χ1v) is 17.2. The summed E-state index contributed by atoms with van der Waals surface area (Å²) in [5.41, 5.74) is 1.38. The van der Waals surface area contributed by atoms with Crippen molar-refractivity contribution in [1.29, 1.82) is 0 Å². The molecule has 0 saturated heterocycles. The topological polar surface area (TPSA) is 142 Å². The Kier molecular flexibility index (Phi) is 13.9. The molecule has 0 saturated carbocycles. The van der Waals surface area contributed by atoms with Gasteiger partial charge < -0.3 is 49.4 Å². The lowest BCUT2D eigenvalue weighted by Gasteiger charge is -2.35. The van der Waals surface area contributed by atoms with Crippen molar-refractivity contribution in [1.82, 2.24) is 14.7 Å². The van der Waals surface area contributed by atoms with Gasteiger partial charge in [-0.15, -0.1) is 0 Å². The first-order chi connectivity index (χ1) is 23.4. The number of nitrogens with one attached hydrogen (secondary N) is 2. The van der Waals surface area contributed by atoms with Gasteiger partial charge in [0.05, 0.1) is 30.4 Å². The highest BCUT2D eigenvalue weighted by Gasteiger charge is 2.31. The lowest BCUT2D eigenvalue weighted by molar-refractivity contribution is -0.116. The number of nitrogens with zero attached hydrogens (tertiary/aromatic N) is 3. The molecule has 0 radical (unpaired) electrons. The highest BCUT2D eigenvalue weighted by molar-refractivity contribution is 5.99. The number of hydrogen-bond acceptors (Lipinski definition) is 9. The minimum absolute atomic E-state index is 0.134. The third-order valence-electron chi connectivity index (χ3n) is 8.77. The van der Waals surface area contributed by atoms with E-state index >= 15 is 0 Å². The maximum atomic E-state index is 14.3. The Hall–Kier alpha value is -4.07. The highest BCUT2D eigenvalue weighted by atomic mass is 16.7. The number of hydrogen-bond donors (Lipinski definition) is 3. The molecule has 2 aromatic rings. The number of likely N-dealkylation sites (N-methyl/N-ethyl adjacent to an activating group) is 1. The molecule has 2 heterocycles. The van der Waals surface area contributed by atoms with Crippen LogP contribution < -0.4 is 24.8 Å². The van der Waals surface area contributed by atoms with E-state index in [-0.39, 0.29) is 56.4 Å². The summed E-state index contributed by atoms with van der Waals surface area (Å²) in [6.45, 7) is 7.42. The second-order valence-corrected chi connectivity index (χ2v) is 13.3. The van der Waals surface area contributed by atoms with Gasteiger partial charge in [-0.3, -0.25) is 9.59 Å². The van der Waals surface area contributed by atoms with Crippen molar-refractivity contribution < 1.29 is 38.4 Å². The maximum absolute atomic E-state index is 14.3. The van der Waals surface area contributed by atoms with Crippen LogP contribution in [0.5, 0.6) is 17.2 Å². The summed E-state index contributed by atoms with van der Waals surface area (Å²) in [7, 11) is 5.63. The van der Waals surface area contributed by atoms with Crippen LogP contribution in [0.15, 0.2) is 36.4 Å². The molecule has 49 heavy (non-hydrogen) atoms. The van der Waals surface area contributed by atoms with E-state index in [0.717, 1.165) is 25.8 Å². The van der Waals surface area contributed by atoms with Crippen LogP contribution in [0.25, 0.3) is 0 Å². The largest absolute Gasteiger partial charge is 0.490 e. The van der Waals surface area contributed by atoms with Crippen LogP contribution in [-0.4, -0.2) is 117 Å². The summed E-state index contributed by atoms with van der Waals surface area (Å²) in [4.78, 5) is 45.5. The Morgan fingerprint density at radius 2 is 1.71 bits per heavy atom. The number of urea groups is 1. The molecule has 0 aromatic heterocycles. The first kappa shape index (κ1) is 37.7. The smallest absolute Gasteiger partial charge is 0.321 e. The van der Waals surface area contributed by atoms with Crippen molar-refractivity contribution in [2.45, 2.75) is 71.1 Å². The van der Waals surface area contributed by atoms with Crippen LogP contribution in [0.3, 0.4) is 0 Å². The summed E-state index contributed by atoms with van der Waals surface area (Å²) in [5, 5.41) is 16.1. The third-order valence-corrected chi connectivity index (χ3v) is 8.77. The molecule has 2 aliphatic rings. The van der Waals surface area contributed by atoms with Crippen molar-refractivity contribution in [3.63, 3.8) is 0 Å². The van der Waals surface area contributed by atoms with Crippen LogP contribution >= 0.6 is 0 Å². The van der Waals surface area contributed by atoms with Gasteiger partial charge in [-0.05, 0) is 90.5 Å². The molecule has 0 unspecified atom stereocenters. The second-order valence-electron chi connectivity index (χ2n) is 13.3. The highest BCUT2D eigenvalue weighted by Crippen LogP contribution is 2.34. The number of carbonyl (C=O) groups excluding carboxylic acids is 3. The van der Waals surface area contributed by atoms with Gasteiger partial charge in [-0.2, -0.15) is 0 Å². The number of amides is 4. The van der Waals surface area contributed by atoms with Gasteiger partial charge in [0.1, 0.15) is 5.75 Å². The predicted octanol–water partition coefficient (Wildman–Crippen LogP) is 4.66. The predicted molar refractivity (Wildman–Crippen MR) is 188 cm³/mol. The van der Waals surface area contributed by atoms with E-state index in [0.29, 0.717) is 53.6 Å². The molecule has 2 aliphatic heterocycles. The normalized spacial score (nSPS) is 20.5. The second kappa shape index (κ2) is 18.1. The standard InChI is InChI=1S/C36H53N5O8/c1-24-20-41(25(2)22-42)35(44)29-18-27(37-34(43)11-9-16-39(4)5)12-14-30(29)49-26(3)10-7-8-17-46-33(24)21-40(6)36(45)38-28-13-15-31-32(19-28)48-23-47-31/h12-15,18-19,24-26,33,42H,7-11,16-17,20-23H2,1-6H3,(H,37,43)(H,38,45)/t24-,25-,26-,33-/m1/s1. The van der Waals surface area contributed by atoms with E-state index in [1.807, 2.05) is 32.8 Å². The zero-order valence-corrected chi connectivity index (χ0v) is 29.7. The van der Waals surface area contributed by atoms with Crippen molar-refractivity contribution in [3.8, 4) is 17.2 Å². The van der Waals surface area contributed by atoms with E-state index in [4.69, 9.17) is 18.9 Å². The van der Waals surface area contributed by atoms with Gasteiger partial charge in [0, 0.05) is 56.5 Å². The summed E-state index contributed by atoms with van der Waals surface area (Å²) in [6, 6.07) is 9.53. The molecule has 3 N–H and O–H groups in total. The van der Waals surface area contributed by atoms with Gasteiger partial charge in [0.25, 0.3) is 5.91 Å². The molecule has 0 bridgehead atoms. The minimum atomic E-state index is -0.523. The number of fused-ring (bicyclic) bond motifs is 2. The molecule has 4 atom stereocenters. The lowest BCUT2D eigenvalue weighted by atomic mass is 10.0. The van der Waals surface area contributed by atoms with E-state index < -0.39 is 12.1 Å². The average Bonchev–Trinajstić information content (AvgIpc) is 3.53. The number of carbonyl (C=O) groups is 3. The Morgan fingerprint density at radius 1 is 1.00 bits per heavy atom. The van der Waals surface area contributed by atoms with Crippen LogP contribution in [-0.2, 0) is 9.53 Å². The summed E-state index contributed by atoms with van der Waals surface area (Å²) >= 11 is 0. The van der Waals surface area contributed by atoms with Crippen LogP contribution in [0.1, 0.15) is 63.2 Å². The van der Waals surface area contributed by atoms with E-state index in [9.17, 15) is 19.5 Å². The van der Waals surface area contributed by atoms with E-state index in [1.165, 1.54) is 0 Å². The number of aliphatic hydroxyl groups is 1. The lowest BCUT2D eigenvalue weighted by Crippen LogP contribution is -2.48. The fourth-order valence-electron chi connectivity index (χ4n) is 5.79. The molecule has 0 spiro atoms. The zero-order valence-electron chi connectivity index (χ0n) is 29.7. The quantitative estimate of drug-likeness (QED) is 0.326. The number of anilines is 2. The van der Waals surface area contributed by atoms with Crippen molar-refractivity contribution in [2.24, 2.45) is 5.92 Å². The Balaban J connectivity index is 1.53. The third kappa shape index (κ3) is 11.0. The maximum Gasteiger partial charge on any atom is 0.321 e. The number of aliphatic hydroxyl groups excluding tert-OH is 1. The van der Waals surface area contributed by atoms with Gasteiger partial charge in [-0.1, -0.05) is 6.92 Å². The molecule has 4 rings (SSSR count). The molecule has 0 fully saturated rings. The number of rotatable bonds is 10. The van der Waals surface area contributed by atoms with E-state index in [1.54, 1.807) is 60.2 Å². The monoisotopic (exact) mass is 683 g/mol. The van der Waals surface area contributed by atoms with Crippen molar-refractivity contribution in [3.05, 3.63) is 42.0 Å². The Bertz CT molecular complexity index is 1420. The summed E-state index contributed by atoms with van der Waals surface area (Å²) < 4.78 is 23.5. The summed E-state index contributed by atoms with van der Waals surface area (Å²) in [5.74, 6) is 0.946. The minimum Gasteiger partial charge on any atom is -0.490 e. The SMILES string of the molecule is C[C@@H]1CCCCO[C@H](CN(C)C(=O)Nc2ccc3c(c2)OCO3)[C@H](C)CN([C@H](C)CO)C(=O)c2cc(NC(=O)CCCN(C)C)ccc2O1.